The molecule has 0 aliphatic heterocycles. The van der Waals surface area contributed by atoms with Gasteiger partial charge in [0.05, 0.1) is 19.8 Å². The first-order valence-electron chi connectivity index (χ1n) is 6.82. The van der Waals surface area contributed by atoms with Gasteiger partial charge in [0.25, 0.3) is 0 Å². The molecule has 4 nitrogen and oxygen atoms in total. The third-order valence-corrected chi connectivity index (χ3v) is 3.18. The summed E-state index contributed by atoms with van der Waals surface area (Å²) >= 11 is 0. The summed E-state index contributed by atoms with van der Waals surface area (Å²) in [5.41, 5.74) is 0.582. The number of ether oxygens (including phenoxy) is 1. The SMILES string of the molecule is CCCNC(C)(CO)CCOc1ccc(CO)cc1. The Morgan fingerprint density at radius 1 is 1.21 bits per heavy atom. The van der Waals surface area contributed by atoms with Gasteiger partial charge in [-0.25, -0.2) is 0 Å². The highest BCUT2D eigenvalue weighted by Gasteiger charge is 2.21. The quantitative estimate of drug-likeness (QED) is 0.637. The van der Waals surface area contributed by atoms with E-state index in [-0.39, 0.29) is 18.8 Å². The lowest BCUT2D eigenvalue weighted by atomic mass is 9.99. The van der Waals surface area contributed by atoms with E-state index >= 15 is 0 Å². The fourth-order valence-corrected chi connectivity index (χ4v) is 1.74. The van der Waals surface area contributed by atoms with Gasteiger partial charge in [-0.3, -0.25) is 0 Å². The molecule has 0 bridgehead atoms. The van der Waals surface area contributed by atoms with Crippen LogP contribution in [0.2, 0.25) is 0 Å². The Labute approximate surface area is 115 Å². The maximum Gasteiger partial charge on any atom is 0.119 e. The Hall–Kier alpha value is -1.10. The number of rotatable bonds is 9. The molecule has 0 aromatic heterocycles. The summed E-state index contributed by atoms with van der Waals surface area (Å²) < 4.78 is 5.65. The lowest BCUT2D eigenvalue weighted by Gasteiger charge is -2.28. The molecule has 1 aromatic carbocycles. The summed E-state index contributed by atoms with van der Waals surface area (Å²) in [5.74, 6) is 0.785. The Bertz CT molecular complexity index is 353. The van der Waals surface area contributed by atoms with E-state index in [9.17, 15) is 5.11 Å². The molecule has 0 amide bonds. The average molecular weight is 267 g/mol. The molecule has 19 heavy (non-hydrogen) atoms. The van der Waals surface area contributed by atoms with Crippen LogP contribution in [0, 0.1) is 0 Å². The first-order valence-corrected chi connectivity index (χ1v) is 6.82. The molecule has 0 saturated heterocycles. The van der Waals surface area contributed by atoms with E-state index in [0.717, 1.165) is 30.7 Å². The van der Waals surface area contributed by atoms with Gasteiger partial charge in [-0.05, 0) is 37.6 Å². The van der Waals surface area contributed by atoms with Crippen LogP contribution in [0.15, 0.2) is 24.3 Å². The zero-order chi connectivity index (χ0) is 14.1. The van der Waals surface area contributed by atoms with Crippen LogP contribution in [0.3, 0.4) is 0 Å². The first-order chi connectivity index (χ1) is 9.13. The minimum atomic E-state index is -0.291. The van der Waals surface area contributed by atoms with E-state index in [4.69, 9.17) is 9.84 Å². The molecule has 3 N–H and O–H groups in total. The van der Waals surface area contributed by atoms with Gasteiger partial charge in [0.2, 0.25) is 0 Å². The third-order valence-electron chi connectivity index (χ3n) is 3.18. The van der Waals surface area contributed by atoms with Crippen molar-refractivity contribution in [2.45, 2.75) is 38.8 Å². The summed E-state index contributed by atoms with van der Waals surface area (Å²) in [6, 6.07) is 7.38. The highest BCUT2D eigenvalue weighted by molar-refractivity contribution is 5.26. The summed E-state index contributed by atoms with van der Waals surface area (Å²) in [7, 11) is 0. The number of aliphatic hydroxyl groups is 2. The van der Waals surface area contributed by atoms with Gasteiger partial charge in [0.1, 0.15) is 5.75 Å². The molecule has 1 rings (SSSR count). The van der Waals surface area contributed by atoms with E-state index < -0.39 is 0 Å². The van der Waals surface area contributed by atoms with Gasteiger partial charge in [-0.15, -0.1) is 0 Å². The molecule has 1 unspecified atom stereocenters. The zero-order valence-electron chi connectivity index (χ0n) is 11.9. The minimum Gasteiger partial charge on any atom is -0.494 e. The Morgan fingerprint density at radius 2 is 1.89 bits per heavy atom. The predicted molar refractivity (Wildman–Crippen MR) is 76.3 cm³/mol. The topological polar surface area (TPSA) is 61.7 Å². The Balaban J connectivity index is 2.38. The van der Waals surface area contributed by atoms with Crippen LogP contribution in [0.25, 0.3) is 0 Å². The van der Waals surface area contributed by atoms with Crippen molar-refractivity contribution in [3.05, 3.63) is 29.8 Å². The van der Waals surface area contributed by atoms with Crippen molar-refractivity contribution < 1.29 is 14.9 Å². The van der Waals surface area contributed by atoms with Crippen molar-refractivity contribution in [2.24, 2.45) is 0 Å². The van der Waals surface area contributed by atoms with E-state index in [1.165, 1.54) is 0 Å². The lowest BCUT2D eigenvalue weighted by molar-refractivity contribution is 0.144. The molecule has 0 radical (unpaired) electrons. The third kappa shape index (κ3) is 5.59. The maximum absolute atomic E-state index is 9.43. The second-order valence-electron chi connectivity index (χ2n) is 5.05. The summed E-state index contributed by atoms with van der Waals surface area (Å²) in [6.45, 7) is 5.68. The molecular weight excluding hydrogens is 242 g/mol. The second kappa shape index (κ2) is 8.15. The number of nitrogens with one attached hydrogen (secondary N) is 1. The first kappa shape index (κ1) is 16.0. The minimum absolute atomic E-state index is 0.0454. The number of benzene rings is 1. The molecule has 0 spiro atoms. The van der Waals surface area contributed by atoms with Crippen LogP contribution >= 0.6 is 0 Å². The standard InChI is InChI=1S/C15H25NO3/c1-3-9-16-15(2,12-18)8-10-19-14-6-4-13(11-17)5-7-14/h4-7,16-18H,3,8-12H2,1-2H3. The molecule has 0 aliphatic carbocycles. The molecule has 0 heterocycles. The molecule has 0 saturated carbocycles. The van der Waals surface area contributed by atoms with Crippen molar-refractivity contribution in [2.75, 3.05) is 19.8 Å². The van der Waals surface area contributed by atoms with Gasteiger partial charge < -0.3 is 20.3 Å². The largest absolute Gasteiger partial charge is 0.494 e. The molecule has 1 atom stereocenters. The van der Waals surface area contributed by atoms with E-state index in [1.807, 2.05) is 31.2 Å². The van der Waals surface area contributed by atoms with Crippen LogP contribution < -0.4 is 10.1 Å². The van der Waals surface area contributed by atoms with Crippen LogP contribution in [-0.4, -0.2) is 35.5 Å². The fraction of sp³-hybridized carbons (Fsp3) is 0.600. The van der Waals surface area contributed by atoms with Crippen LogP contribution in [0.5, 0.6) is 5.75 Å². The number of hydrogen-bond acceptors (Lipinski definition) is 4. The van der Waals surface area contributed by atoms with Crippen molar-refractivity contribution in [3.8, 4) is 5.75 Å². The monoisotopic (exact) mass is 267 g/mol. The van der Waals surface area contributed by atoms with Gasteiger partial charge in [-0.2, -0.15) is 0 Å². The Kier molecular flexibility index (Phi) is 6.84. The maximum atomic E-state index is 9.43. The highest BCUT2D eigenvalue weighted by Crippen LogP contribution is 2.15. The van der Waals surface area contributed by atoms with E-state index in [1.54, 1.807) is 0 Å². The van der Waals surface area contributed by atoms with Gasteiger partial charge in [-0.1, -0.05) is 19.1 Å². The highest BCUT2D eigenvalue weighted by atomic mass is 16.5. The predicted octanol–water partition coefficient (Wildman–Crippen LogP) is 1.70. The molecule has 0 fully saturated rings. The zero-order valence-corrected chi connectivity index (χ0v) is 11.9. The summed E-state index contributed by atoms with van der Waals surface area (Å²) in [6.07, 6.45) is 1.78. The van der Waals surface area contributed by atoms with Crippen molar-refractivity contribution >= 4 is 0 Å². The molecule has 108 valence electrons. The molecule has 0 aliphatic rings. The van der Waals surface area contributed by atoms with Gasteiger partial charge in [0.15, 0.2) is 0 Å². The second-order valence-corrected chi connectivity index (χ2v) is 5.05. The average Bonchev–Trinajstić information content (AvgIpc) is 2.46. The van der Waals surface area contributed by atoms with Crippen molar-refractivity contribution in [1.29, 1.82) is 0 Å². The summed E-state index contributed by atoms with van der Waals surface area (Å²) in [5, 5.41) is 21.7. The number of aliphatic hydroxyl groups excluding tert-OH is 2. The van der Waals surface area contributed by atoms with Crippen LogP contribution in [0.4, 0.5) is 0 Å². The van der Waals surface area contributed by atoms with Crippen molar-refractivity contribution in [1.82, 2.24) is 5.32 Å². The van der Waals surface area contributed by atoms with Crippen LogP contribution in [0.1, 0.15) is 32.3 Å². The summed E-state index contributed by atoms with van der Waals surface area (Å²) in [4.78, 5) is 0. The van der Waals surface area contributed by atoms with Crippen molar-refractivity contribution in [3.63, 3.8) is 0 Å². The molecule has 1 aromatic rings. The van der Waals surface area contributed by atoms with E-state index in [0.29, 0.717) is 6.61 Å². The lowest BCUT2D eigenvalue weighted by Crippen LogP contribution is -2.47. The Morgan fingerprint density at radius 3 is 2.42 bits per heavy atom. The fourth-order valence-electron chi connectivity index (χ4n) is 1.74. The normalized spacial score (nSPS) is 14.1. The van der Waals surface area contributed by atoms with E-state index in [2.05, 4.69) is 12.2 Å². The van der Waals surface area contributed by atoms with Gasteiger partial charge in [0, 0.05) is 12.0 Å². The molecule has 4 heteroatoms. The van der Waals surface area contributed by atoms with Crippen LogP contribution in [-0.2, 0) is 6.61 Å². The van der Waals surface area contributed by atoms with Gasteiger partial charge >= 0.3 is 0 Å². The molecular formula is C15H25NO3. The number of hydrogen-bond donors (Lipinski definition) is 3. The smallest absolute Gasteiger partial charge is 0.119 e.